The van der Waals surface area contributed by atoms with Crippen molar-refractivity contribution in [3.63, 3.8) is 0 Å². The van der Waals surface area contributed by atoms with Crippen molar-refractivity contribution in [1.82, 2.24) is 0 Å². The predicted octanol–water partition coefficient (Wildman–Crippen LogP) is 0.840. The van der Waals surface area contributed by atoms with Crippen LogP contribution in [0.4, 0.5) is 0 Å². The van der Waals surface area contributed by atoms with Gasteiger partial charge in [0.05, 0.1) is 61.3 Å². The lowest BCUT2D eigenvalue weighted by atomic mass is 9.82. The molecule has 3 heterocycles. The number of aliphatic carboxylic acids is 1. The van der Waals surface area contributed by atoms with E-state index in [-0.39, 0.29) is 25.2 Å². The van der Waals surface area contributed by atoms with E-state index in [1.807, 2.05) is 19.9 Å². The zero-order chi connectivity index (χ0) is 41.6. The summed E-state index contributed by atoms with van der Waals surface area (Å²) in [5, 5.41) is 85.5. The second-order valence-electron chi connectivity index (χ2n) is 15.0. The van der Waals surface area contributed by atoms with Crippen molar-refractivity contribution in [1.29, 1.82) is 0 Å². The lowest BCUT2D eigenvalue weighted by molar-refractivity contribution is -0.310. The molecule has 16 nitrogen and oxygen atoms in total. The normalized spacial score (nSPS) is 39.7. The van der Waals surface area contributed by atoms with E-state index in [0.29, 0.717) is 6.42 Å². The van der Waals surface area contributed by atoms with Gasteiger partial charge in [-0.15, -0.1) is 0 Å². The van der Waals surface area contributed by atoms with E-state index >= 15 is 0 Å². The van der Waals surface area contributed by atoms with Gasteiger partial charge < -0.3 is 65.5 Å². The summed E-state index contributed by atoms with van der Waals surface area (Å²) in [5.74, 6) is -6.47. The number of aliphatic hydroxyl groups is 7. The Bertz CT molecular complexity index is 1420. The largest absolute Gasteiger partial charge is 0.481 e. The number of ketones is 1. The van der Waals surface area contributed by atoms with Crippen molar-refractivity contribution in [2.24, 2.45) is 17.6 Å². The molecule has 3 aliphatic rings. The van der Waals surface area contributed by atoms with Crippen LogP contribution in [0.5, 0.6) is 0 Å². The zero-order valence-electron chi connectivity index (χ0n) is 32.2. The van der Waals surface area contributed by atoms with Crippen LogP contribution < -0.4 is 5.73 Å². The van der Waals surface area contributed by atoms with Gasteiger partial charge in [0.1, 0.15) is 23.9 Å². The Labute approximate surface area is 327 Å². The molecule has 316 valence electrons. The molecule has 56 heavy (non-hydrogen) atoms. The molecule has 0 aromatic carbocycles. The molecule has 3 rings (SSSR count). The Morgan fingerprint density at radius 1 is 0.929 bits per heavy atom. The molecule has 2 bridgehead atoms. The van der Waals surface area contributed by atoms with Crippen LogP contribution in [0.15, 0.2) is 60.8 Å². The number of nitrogens with two attached hydrogens (primary N) is 1. The van der Waals surface area contributed by atoms with Crippen molar-refractivity contribution in [3.05, 3.63) is 60.8 Å². The van der Waals surface area contributed by atoms with E-state index in [9.17, 15) is 55.2 Å². The fourth-order valence-electron chi connectivity index (χ4n) is 6.85. The Balaban J connectivity index is 1.91. The summed E-state index contributed by atoms with van der Waals surface area (Å²) in [6.07, 6.45) is 1.21. The average molecular weight is 796 g/mol. The van der Waals surface area contributed by atoms with E-state index in [1.165, 1.54) is 13.0 Å². The summed E-state index contributed by atoms with van der Waals surface area (Å²) in [4.78, 5) is 37.7. The number of hydrogen-bond donors (Lipinski definition) is 9. The topological polar surface area (TPSA) is 276 Å². The maximum atomic E-state index is 12.6. The van der Waals surface area contributed by atoms with Crippen LogP contribution in [0.3, 0.4) is 0 Å². The summed E-state index contributed by atoms with van der Waals surface area (Å²) in [6.45, 7) is 5.45. The lowest BCUT2D eigenvalue weighted by Gasteiger charge is -2.45. The third-order valence-electron chi connectivity index (χ3n) is 10.4. The molecule has 0 saturated carbocycles. The van der Waals surface area contributed by atoms with E-state index < -0.39 is 128 Å². The van der Waals surface area contributed by atoms with Crippen LogP contribution in [0.1, 0.15) is 78.6 Å². The molecule has 0 aromatic rings. The molecule has 0 spiro atoms. The zero-order valence-corrected chi connectivity index (χ0v) is 32.2. The van der Waals surface area contributed by atoms with E-state index in [4.69, 9.17) is 24.7 Å². The predicted molar refractivity (Wildman–Crippen MR) is 201 cm³/mol. The molecule has 0 radical (unpaired) electrons. The second-order valence-corrected chi connectivity index (χ2v) is 15.0. The number of ether oxygens (including phenoxy) is 4. The maximum Gasteiger partial charge on any atom is 0.311 e. The van der Waals surface area contributed by atoms with Gasteiger partial charge in [0, 0.05) is 38.5 Å². The second kappa shape index (κ2) is 22.7. The average Bonchev–Trinajstić information content (AvgIpc) is 3.11. The third kappa shape index (κ3) is 14.7. The van der Waals surface area contributed by atoms with Crippen LogP contribution in [0, 0.1) is 11.8 Å². The SMILES string of the molecule is CCC(C)C1CC=CC=CC=CC=CC=CC(O[C@@H]2O[C@H](C)[C@@H](O)[C@H](N)[C@@H]2O)CC2OC(O)(CC(O)C(O)CCC(=O)CC(O)CC(=O)O1)CC(O)C2C(=O)O. The molecule has 10 N–H and O–H groups in total. The molecular weight excluding hydrogens is 734 g/mol. The van der Waals surface area contributed by atoms with Gasteiger partial charge >= 0.3 is 11.9 Å². The van der Waals surface area contributed by atoms with Gasteiger partial charge in [-0.25, -0.2) is 0 Å². The fourth-order valence-corrected chi connectivity index (χ4v) is 6.85. The number of allylic oxidation sites excluding steroid dienone is 8. The molecule has 15 atom stereocenters. The highest BCUT2D eigenvalue weighted by molar-refractivity contribution is 5.80. The van der Waals surface area contributed by atoms with E-state index in [0.717, 1.165) is 6.42 Å². The summed E-state index contributed by atoms with van der Waals surface area (Å²) >= 11 is 0. The highest BCUT2D eigenvalue weighted by Gasteiger charge is 2.51. The Hall–Kier alpha value is -3.13. The first kappa shape index (κ1) is 47.2. The molecule has 16 heteroatoms. The summed E-state index contributed by atoms with van der Waals surface area (Å²) < 4.78 is 23.2. The molecule has 2 saturated heterocycles. The number of Topliss-reactive ketones (excluding diaryl/α,β-unsaturated/α-hetero) is 1. The number of esters is 1. The first-order valence-corrected chi connectivity index (χ1v) is 19.3. The molecule has 2 fully saturated rings. The van der Waals surface area contributed by atoms with Crippen LogP contribution in [0.25, 0.3) is 0 Å². The number of carbonyl (C=O) groups excluding carboxylic acids is 2. The number of carbonyl (C=O) groups is 3. The molecule has 0 aromatic heterocycles. The molecule has 10 unspecified atom stereocenters. The van der Waals surface area contributed by atoms with Crippen molar-refractivity contribution < 1.29 is 74.2 Å². The van der Waals surface area contributed by atoms with E-state index in [1.54, 1.807) is 48.6 Å². The number of aliphatic hydroxyl groups excluding tert-OH is 6. The van der Waals surface area contributed by atoms with Crippen LogP contribution in [-0.2, 0) is 33.3 Å². The maximum absolute atomic E-state index is 12.6. The van der Waals surface area contributed by atoms with Crippen LogP contribution in [-0.4, -0.2) is 138 Å². The molecule has 0 amide bonds. The van der Waals surface area contributed by atoms with Gasteiger partial charge in [-0.2, -0.15) is 0 Å². The van der Waals surface area contributed by atoms with Gasteiger partial charge in [0.2, 0.25) is 0 Å². The highest BCUT2D eigenvalue weighted by atomic mass is 16.7. The Morgan fingerprint density at radius 2 is 1.55 bits per heavy atom. The Kier molecular flexibility index (Phi) is 19.2. The van der Waals surface area contributed by atoms with Crippen molar-refractivity contribution in [2.75, 3.05) is 0 Å². The number of rotatable bonds is 5. The summed E-state index contributed by atoms with van der Waals surface area (Å²) in [7, 11) is 0. The fraction of sp³-hybridized carbons (Fsp3) is 0.675. The van der Waals surface area contributed by atoms with Gasteiger partial charge in [-0.3, -0.25) is 14.4 Å². The van der Waals surface area contributed by atoms with Crippen molar-refractivity contribution in [3.8, 4) is 0 Å². The van der Waals surface area contributed by atoms with Gasteiger partial charge in [0.25, 0.3) is 0 Å². The highest BCUT2D eigenvalue weighted by Crippen LogP contribution is 2.38. The number of cyclic esters (lactones) is 1. The minimum Gasteiger partial charge on any atom is -0.481 e. The summed E-state index contributed by atoms with van der Waals surface area (Å²) in [5.41, 5.74) is 5.99. The Morgan fingerprint density at radius 3 is 2.20 bits per heavy atom. The van der Waals surface area contributed by atoms with Crippen LogP contribution in [0.2, 0.25) is 0 Å². The first-order valence-electron chi connectivity index (χ1n) is 19.3. The number of hydrogen-bond acceptors (Lipinski definition) is 15. The summed E-state index contributed by atoms with van der Waals surface area (Å²) in [6, 6.07) is -1.13. The monoisotopic (exact) mass is 795 g/mol. The smallest absolute Gasteiger partial charge is 0.311 e. The van der Waals surface area contributed by atoms with Gasteiger partial charge in [-0.1, -0.05) is 81.0 Å². The quantitative estimate of drug-likeness (QED) is 0.174. The number of fused-ring (bicyclic) bond motifs is 2. The number of carboxylic acid groups (broad SMARTS) is 1. The standard InChI is InChI=1S/C40H61NO15/c1-4-23(2)31-15-13-11-9-7-5-6-8-10-12-14-27(54-39-37(49)35(41)36(48)24(3)53-39)20-32-34(38(50)51)30(46)22-40(52,56-32)21-29(45)28(44)17-16-25(42)18-26(43)19-33(47)55-31/h5-14,23-24,26-32,34-37,39,43-46,48-49,52H,4,15-22,41H2,1-3H3,(H,50,51)/t23?,24-,26?,27?,28?,29?,30?,31?,32?,34?,35+,36-,37+,39+,40?/m1/s1. The number of carboxylic acids is 1. The van der Waals surface area contributed by atoms with Gasteiger partial charge in [0.15, 0.2) is 12.1 Å². The molecule has 0 aliphatic carbocycles. The van der Waals surface area contributed by atoms with Crippen LogP contribution >= 0.6 is 0 Å². The van der Waals surface area contributed by atoms with Crippen molar-refractivity contribution in [2.45, 2.75) is 158 Å². The first-order chi connectivity index (χ1) is 26.4. The third-order valence-corrected chi connectivity index (χ3v) is 10.4. The lowest BCUT2D eigenvalue weighted by Crippen LogP contribution is -2.61. The minimum atomic E-state index is -2.34. The van der Waals surface area contributed by atoms with Gasteiger partial charge in [-0.05, 0) is 19.3 Å². The van der Waals surface area contributed by atoms with Crippen molar-refractivity contribution >= 4 is 17.7 Å². The van der Waals surface area contributed by atoms with E-state index in [2.05, 4.69) is 0 Å². The minimum absolute atomic E-state index is 0.0294. The molecular formula is C40H61NO15. The molecule has 3 aliphatic heterocycles.